The number of halogens is 1. The number of hydrogen-bond donors (Lipinski definition) is 1. The SMILES string of the molecule is CC(C)SCc1ccc(O)cc1Cl. The van der Waals surface area contributed by atoms with Gasteiger partial charge in [0.1, 0.15) is 5.75 Å². The average molecular weight is 217 g/mol. The van der Waals surface area contributed by atoms with Crippen LogP contribution in [0.25, 0.3) is 0 Å². The van der Waals surface area contributed by atoms with Crippen LogP contribution in [0.3, 0.4) is 0 Å². The monoisotopic (exact) mass is 216 g/mol. The third-order valence-electron chi connectivity index (χ3n) is 1.61. The maximum Gasteiger partial charge on any atom is 0.117 e. The zero-order chi connectivity index (χ0) is 9.84. The van der Waals surface area contributed by atoms with Gasteiger partial charge < -0.3 is 5.11 Å². The summed E-state index contributed by atoms with van der Waals surface area (Å²) in [5.41, 5.74) is 1.08. The molecule has 0 fully saturated rings. The lowest BCUT2D eigenvalue weighted by molar-refractivity contribution is 0.475. The smallest absolute Gasteiger partial charge is 0.117 e. The van der Waals surface area contributed by atoms with E-state index >= 15 is 0 Å². The lowest BCUT2D eigenvalue weighted by Crippen LogP contribution is -1.89. The summed E-state index contributed by atoms with van der Waals surface area (Å²) < 4.78 is 0. The van der Waals surface area contributed by atoms with Crippen molar-refractivity contribution in [2.75, 3.05) is 0 Å². The molecule has 0 unspecified atom stereocenters. The molecule has 3 heteroatoms. The van der Waals surface area contributed by atoms with Crippen LogP contribution >= 0.6 is 23.4 Å². The van der Waals surface area contributed by atoms with Crippen molar-refractivity contribution in [3.05, 3.63) is 28.8 Å². The highest BCUT2D eigenvalue weighted by Crippen LogP contribution is 2.26. The molecule has 0 aliphatic rings. The first-order valence-electron chi connectivity index (χ1n) is 4.18. The highest BCUT2D eigenvalue weighted by Gasteiger charge is 2.02. The van der Waals surface area contributed by atoms with Crippen molar-refractivity contribution in [1.82, 2.24) is 0 Å². The summed E-state index contributed by atoms with van der Waals surface area (Å²) in [5.74, 6) is 1.12. The minimum atomic E-state index is 0.225. The molecule has 1 nitrogen and oxygen atoms in total. The standard InChI is InChI=1S/C10H13ClOS/c1-7(2)13-6-8-3-4-9(12)5-10(8)11/h3-5,7,12H,6H2,1-2H3. The zero-order valence-electron chi connectivity index (χ0n) is 7.75. The summed E-state index contributed by atoms with van der Waals surface area (Å²) in [7, 11) is 0. The summed E-state index contributed by atoms with van der Waals surface area (Å²) in [6, 6.07) is 5.12. The molecule has 0 saturated carbocycles. The van der Waals surface area contributed by atoms with E-state index in [1.807, 2.05) is 17.8 Å². The van der Waals surface area contributed by atoms with E-state index in [9.17, 15) is 0 Å². The molecule has 0 saturated heterocycles. The molecule has 0 aliphatic heterocycles. The van der Waals surface area contributed by atoms with Gasteiger partial charge in [0.2, 0.25) is 0 Å². The summed E-state index contributed by atoms with van der Waals surface area (Å²) in [6.45, 7) is 4.30. The Morgan fingerprint density at radius 3 is 2.69 bits per heavy atom. The Morgan fingerprint density at radius 1 is 1.46 bits per heavy atom. The second-order valence-electron chi connectivity index (χ2n) is 3.14. The van der Waals surface area contributed by atoms with E-state index in [4.69, 9.17) is 16.7 Å². The molecule has 0 radical (unpaired) electrons. The first-order valence-corrected chi connectivity index (χ1v) is 5.61. The van der Waals surface area contributed by atoms with Crippen molar-refractivity contribution in [2.24, 2.45) is 0 Å². The van der Waals surface area contributed by atoms with E-state index in [2.05, 4.69) is 13.8 Å². The van der Waals surface area contributed by atoms with Gasteiger partial charge in [0, 0.05) is 10.8 Å². The topological polar surface area (TPSA) is 20.2 Å². The van der Waals surface area contributed by atoms with Crippen molar-refractivity contribution in [3.8, 4) is 5.75 Å². The maximum atomic E-state index is 9.12. The molecule has 0 atom stereocenters. The van der Waals surface area contributed by atoms with Crippen molar-refractivity contribution in [2.45, 2.75) is 24.9 Å². The molecule has 1 N–H and O–H groups in total. The highest BCUT2D eigenvalue weighted by atomic mass is 35.5. The van der Waals surface area contributed by atoms with E-state index in [0.29, 0.717) is 10.3 Å². The Labute approximate surface area is 88.1 Å². The average Bonchev–Trinajstić information content (AvgIpc) is 2.02. The number of phenols is 1. The maximum absolute atomic E-state index is 9.12. The first kappa shape index (κ1) is 10.7. The van der Waals surface area contributed by atoms with Crippen LogP contribution in [0.2, 0.25) is 5.02 Å². The molecular formula is C10H13ClOS. The zero-order valence-corrected chi connectivity index (χ0v) is 9.32. The second kappa shape index (κ2) is 4.77. The fourth-order valence-corrected chi connectivity index (χ4v) is 2.00. The molecule has 0 bridgehead atoms. The lowest BCUT2D eigenvalue weighted by atomic mass is 10.2. The molecule has 0 amide bonds. The van der Waals surface area contributed by atoms with Gasteiger partial charge in [-0.05, 0) is 22.9 Å². The van der Waals surface area contributed by atoms with Gasteiger partial charge in [-0.1, -0.05) is 31.5 Å². The predicted octanol–water partition coefficient (Wildman–Crippen LogP) is 3.69. The number of phenolic OH excluding ortho intramolecular Hbond substituents is 1. The number of aromatic hydroxyl groups is 1. The van der Waals surface area contributed by atoms with Crippen molar-refractivity contribution >= 4 is 23.4 Å². The largest absolute Gasteiger partial charge is 0.508 e. The quantitative estimate of drug-likeness (QED) is 0.832. The van der Waals surface area contributed by atoms with E-state index in [-0.39, 0.29) is 5.75 Å². The Morgan fingerprint density at radius 2 is 2.15 bits per heavy atom. The molecular weight excluding hydrogens is 204 g/mol. The van der Waals surface area contributed by atoms with Crippen LogP contribution in [0.15, 0.2) is 18.2 Å². The number of hydrogen-bond acceptors (Lipinski definition) is 2. The normalized spacial score (nSPS) is 10.8. The summed E-state index contributed by atoms with van der Waals surface area (Å²) in [5, 5.41) is 10.4. The molecule has 1 aromatic rings. The lowest BCUT2D eigenvalue weighted by Gasteiger charge is -2.06. The van der Waals surface area contributed by atoms with Gasteiger partial charge in [-0.15, -0.1) is 0 Å². The Balaban J connectivity index is 2.67. The van der Waals surface area contributed by atoms with Gasteiger partial charge in [-0.25, -0.2) is 0 Å². The molecule has 1 aromatic carbocycles. The first-order chi connectivity index (χ1) is 6.09. The molecule has 0 aliphatic carbocycles. The molecule has 0 aromatic heterocycles. The van der Waals surface area contributed by atoms with Crippen LogP contribution < -0.4 is 0 Å². The fraction of sp³-hybridized carbons (Fsp3) is 0.400. The van der Waals surface area contributed by atoms with Crippen LogP contribution in [-0.4, -0.2) is 10.4 Å². The number of benzene rings is 1. The molecule has 0 spiro atoms. The molecule has 13 heavy (non-hydrogen) atoms. The number of rotatable bonds is 3. The Bertz CT molecular complexity index is 286. The minimum absolute atomic E-state index is 0.225. The van der Waals surface area contributed by atoms with Crippen molar-refractivity contribution < 1.29 is 5.11 Å². The van der Waals surface area contributed by atoms with Gasteiger partial charge in [-0.3, -0.25) is 0 Å². The van der Waals surface area contributed by atoms with Crippen molar-refractivity contribution in [1.29, 1.82) is 0 Å². The predicted molar refractivity (Wildman–Crippen MR) is 59.5 cm³/mol. The van der Waals surface area contributed by atoms with E-state index < -0.39 is 0 Å². The number of thioether (sulfide) groups is 1. The van der Waals surface area contributed by atoms with Gasteiger partial charge in [0.25, 0.3) is 0 Å². The molecule has 1 rings (SSSR count). The fourth-order valence-electron chi connectivity index (χ4n) is 0.910. The third-order valence-corrected chi connectivity index (χ3v) is 3.11. The van der Waals surface area contributed by atoms with E-state index in [1.165, 1.54) is 0 Å². The van der Waals surface area contributed by atoms with Gasteiger partial charge in [-0.2, -0.15) is 11.8 Å². The molecule has 72 valence electrons. The van der Waals surface area contributed by atoms with Crippen LogP contribution in [0, 0.1) is 0 Å². The van der Waals surface area contributed by atoms with E-state index in [0.717, 1.165) is 11.3 Å². The van der Waals surface area contributed by atoms with Crippen LogP contribution in [0.1, 0.15) is 19.4 Å². The Hall–Kier alpha value is -0.340. The van der Waals surface area contributed by atoms with Crippen LogP contribution in [0.5, 0.6) is 5.75 Å². The summed E-state index contributed by atoms with van der Waals surface area (Å²) >= 11 is 7.78. The van der Waals surface area contributed by atoms with Crippen LogP contribution in [-0.2, 0) is 5.75 Å². The summed E-state index contributed by atoms with van der Waals surface area (Å²) in [4.78, 5) is 0. The van der Waals surface area contributed by atoms with Crippen LogP contribution in [0.4, 0.5) is 0 Å². The second-order valence-corrected chi connectivity index (χ2v) is 5.11. The van der Waals surface area contributed by atoms with Gasteiger partial charge in [0.15, 0.2) is 0 Å². The summed E-state index contributed by atoms with van der Waals surface area (Å²) in [6.07, 6.45) is 0. The Kier molecular flexibility index (Phi) is 3.94. The highest BCUT2D eigenvalue weighted by molar-refractivity contribution is 7.99. The minimum Gasteiger partial charge on any atom is -0.508 e. The van der Waals surface area contributed by atoms with E-state index in [1.54, 1.807) is 12.1 Å². The van der Waals surface area contributed by atoms with Crippen molar-refractivity contribution in [3.63, 3.8) is 0 Å². The molecule has 0 heterocycles. The third kappa shape index (κ3) is 3.49. The van der Waals surface area contributed by atoms with Gasteiger partial charge in [0.05, 0.1) is 0 Å². The van der Waals surface area contributed by atoms with Gasteiger partial charge >= 0.3 is 0 Å².